The Morgan fingerprint density at radius 3 is 2.77 bits per heavy atom. The summed E-state index contributed by atoms with van der Waals surface area (Å²) in [5.41, 5.74) is 6.74. The van der Waals surface area contributed by atoms with E-state index in [1.807, 2.05) is 0 Å². The Bertz CT molecular complexity index is 1500. The van der Waals surface area contributed by atoms with E-state index in [0.717, 1.165) is 16.2 Å². The number of nitrogens with zero attached hydrogens (tertiary/aromatic N) is 4. The molecule has 39 heavy (non-hydrogen) atoms. The molecule has 4 heterocycles. The van der Waals surface area contributed by atoms with E-state index in [1.165, 1.54) is 48.1 Å². The van der Waals surface area contributed by atoms with Gasteiger partial charge < -0.3 is 41.0 Å². The van der Waals surface area contributed by atoms with Gasteiger partial charge in [0.15, 0.2) is 27.5 Å². The van der Waals surface area contributed by atoms with Crippen molar-refractivity contribution in [1.82, 2.24) is 25.2 Å². The number of benzene rings is 1. The number of thiazole rings is 1. The number of phenolic OH excluding ortho intramolecular Hbond substituents is 2. The number of hydrogen-bond donors (Lipinski definition) is 5. The summed E-state index contributed by atoms with van der Waals surface area (Å²) in [6.45, 7) is 0. The number of carboxylic acid groups (broad SMARTS) is 1. The number of nitrogen functional groups attached to an aromatic ring is 1. The number of oxime groups is 1. The maximum Gasteiger partial charge on any atom is 1.00 e. The Labute approximate surface area is 254 Å². The number of aliphatic carboxylic acids is 1. The second kappa shape index (κ2) is 11.6. The van der Waals surface area contributed by atoms with Gasteiger partial charge in [0, 0.05) is 29.0 Å². The van der Waals surface area contributed by atoms with E-state index in [9.17, 15) is 29.7 Å². The van der Waals surface area contributed by atoms with Gasteiger partial charge in [0.25, 0.3) is 11.8 Å². The van der Waals surface area contributed by atoms with Crippen LogP contribution in [0.4, 0.5) is 5.13 Å². The van der Waals surface area contributed by atoms with E-state index in [0.29, 0.717) is 21.8 Å². The molecule has 14 nitrogen and oxygen atoms in total. The number of fused-ring (bicyclic) bond motifs is 2. The summed E-state index contributed by atoms with van der Waals surface area (Å²) < 4.78 is 0. The molecular weight excluding hydrogens is 581 g/mol. The van der Waals surface area contributed by atoms with Crippen LogP contribution in [0.5, 0.6) is 11.5 Å². The van der Waals surface area contributed by atoms with E-state index in [1.54, 1.807) is 0 Å². The van der Waals surface area contributed by atoms with Crippen molar-refractivity contribution in [3.05, 3.63) is 34.5 Å². The number of nitrogens with one attached hydrogen (secondary N) is 2. The third-order valence-electron chi connectivity index (χ3n) is 5.63. The van der Waals surface area contributed by atoms with E-state index in [-0.39, 0.29) is 74.8 Å². The molecule has 0 aliphatic carbocycles. The number of hydrogen-bond acceptors (Lipinski definition) is 14. The largest absolute Gasteiger partial charge is 1.00 e. The fraction of sp³-hybridized carbons (Fsp3) is 0.238. The van der Waals surface area contributed by atoms with Crippen LogP contribution in [-0.2, 0) is 19.2 Å². The number of aromatic nitrogens is 3. The van der Waals surface area contributed by atoms with Gasteiger partial charge in [-0.15, -0.1) is 23.1 Å². The van der Waals surface area contributed by atoms with Crippen LogP contribution in [0.3, 0.4) is 0 Å². The molecule has 1 fully saturated rings. The van der Waals surface area contributed by atoms with Crippen molar-refractivity contribution in [3.63, 3.8) is 0 Å². The van der Waals surface area contributed by atoms with Crippen molar-refractivity contribution in [2.24, 2.45) is 5.16 Å². The minimum Gasteiger partial charge on any atom is -0.543 e. The molecule has 1 saturated heterocycles. The zero-order valence-electron chi connectivity index (χ0n) is 20.3. The molecule has 2 atom stereocenters. The summed E-state index contributed by atoms with van der Waals surface area (Å²) in [7, 11) is 1.26. The average Bonchev–Trinajstić information content (AvgIpc) is 3.49. The summed E-state index contributed by atoms with van der Waals surface area (Å²) >= 11 is 3.58. The van der Waals surface area contributed by atoms with E-state index < -0.39 is 29.2 Å². The number of rotatable bonds is 8. The third-order valence-corrected chi connectivity index (χ3v) is 8.60. The fourth-order valence-corrected chi connectivity index (χ4v) is 6.84. The molecule has 0 unspecified atom stereocenters. The standard InChI is InChI=1S/C21H19N7O7S3.Na/c1-35-27-13(10-6-37-20(22)23-10)16(31)26-14-17(32)28-15(19(33)34)7(4-36-18(14)28)5-38-21-24-8-2-11(29)12(30)3-9(8)25-21;/h2-3,6,14,18,29-30H,4-5H2,1H3,(H2,22,23)(H,24,25)(H,26,31)(H,33,34);/q;+1/p-1/t14-,18+;/m1./s1. The molecule has 6 N–H and O–H groups in total. The summed E-state index contributed by atoms with van der Waals surface area (Å²) in [4.78, 5) is 55.0. The number of carbonyl (C=O) groups is 3. The van der Waals surface area contributed by atoms with Crippen LogP contribution >= 0.6 is 34.9 Å². The molecule has 0 radical (unpaired) electrons. The molecule has 2 aliphatic heterocycles. The molecule has 0 bridgehead atoms. The number of carbonyl (C=O) groups excluding carboxylic acids is 3. The van der Waals surface area contributed by atoms with Crippen LogP contribution in [-0.4, -0.2) is 83.6 Å². The molecular formula is C21H18N7NaO7S3. The normalized spacial score (nSPS) is 18.8. The molecule has 2 amide bonds. The first-order valence-electron chi connectivity index (χ1n) is 10.7. The fourth-order valence-electron chi connectivity index (χ4n) is 3.92. The van der Waals surface area contributed by atoms with Gasteiger partial charge in [0.1, 0.15) is 24.2 Å². The minimum absolute atomic E-state index is 0. The van der Waals surface area contributed by atoms with Crippen molar-refractivity contribution >= 4 is 74.5 Å². The predicted molar refractivity (Wildman–Crippen MR) is 137 cm³/mol. The number of thioether (sulfide) groups is 2. The van der Waals surface area contributed by atoms with Crippen LogP contribution < -0.4 is 45.7 Å². The summed E-state index contributed by atoms with van der Waals surface area (Å²) in [5, 5.41) is 39.1. The van der Waals surface area contributed by atoms with Crippen molar-refractivity contribution < 1.29 is 64.1 Å². The summed E-state index contributed by atoms with van der Waals surface area (Å²) in [6.07, 6.45) is 0. The number of nitrogens with two attached hydrogens (primary N) is 1. The maximum atomic E-state index is 13.0. The Morgan fingerprint density at radius 1 is 1.36 bits per heavy atom. The van der Waals surface area contributed by atoms with Crippen LogP contribution in [0, 0.1) is 0 Å². The Morgan fingerprint density at radius 2 is 2.10 bits per heavy atom. The van der Waals surface area contributed by atoms with Crippen molar-refractivity contribution in [2.45, 2.75) is 16.6 Å². The van der Waals surface area contributed by atoms with Crippen LogP contribution in [0.2, 0.25) is 0 Å². The SMILES string of the molecule is CON=C(C(=O)N[C@@H]1C(=O)N2C(C(=O)[O-])=C(CSc3nc4cc(O)c(O)cc4[nH]3)CS[C@@H]12)c1csc(N)n1.[Na+]. The van der Waals surface area contributed by atoms with Gasteiger partial charge in [-0.05, 0) is 5.57 Å². The second-order valence-corrected chi connectivity index (χ2v) is 10.9. The van der Waals surface area contributed by atoms with Crippen LogP contribution in [0.15, 0.2) is 39.1 Å². The number of aromatic hydroxyl groups is 2. The molecule has 0 saturated carbocycles. The molecule has 198 valence electrons. The summed E-state index contributed by atoms with van der Waals surface area (Å²) in [5.74, 6) is -3.02. The van der Waals surface area contributed by atoms with Gasteiger partial charge >= 0.3 is 29.6 Å². The molecule has 2 aliphatic rings. The van der Waals surface area contributed by atoms with E-state index in [2.05, 4.69) is 25.4 Å². The monoisotopic (exact) mass is 599 g/mol. The minimum atomic E-state index is -1.51. The van der Waals surface area contributed by atoms with E-state index >= 15 is 0 Å². The second-order valence-electron chi connectivity index (χ2n) is 7.98. The molecule has 3 aromatic rings. The van der Waals surface area contributed by atoms with Crippen molar-refractivity contribution in [2.75, 3.05) is 24.3 Å². The first-order chi connectivity index (χ1) is 18.2. The number of H-pyrrole nitrogens is 1. The van der Waals surface area contributed by atoms with Gasteiger partial charge in [0.2, 0.25) is 0 Å². The maximum absolute atomic E-state index is 13.0. The first-order valence-corrected chi connectivity index (χ1v) is 13.6. The quantitative estimate of drug-likeness (QED) is 0.0427. The molecule has 1 aromatic carbocycles. The molecule has 2 aromatic heterocycles. The number of carboxylic acids is 1. The van der Waals surface area contributed by atoms with Gasteiger partial charge in [0.05, 0.1) is 22.7 Å². The van der Waals surface area contributed by atoms with E-state index in [4.69, 9.17) is 10.6 Å². The zero-order chi connectivity index (χ0) is 27.1. The first kappa shape index (κ1) is 29.0. The van der Waals surface area contributed by atoms with Gasteiger partial charge in [-0.1, -0.05) is 16.9 Å². The smallest absolute Gasteiger partial charge is 0.543 e. The zero-order valence-corrected chi connectivity index (χ0v) is 24.8. The van der Waals surface area contributed by atoms with Gasteiger partial charge in [-0.3, -0.25) is 14.5 Å². The Kier molecular flexibility index (Phi) is 8.67. The molecule has 18 heteroatoms. The Hall–Kier alpha value is -2.96. The molecule has 5 rings (SSSR count). The number of aromatic amines is 1. The van der Waals surface area contributed by atoms with Crippen molar-refractivity contribution in [3.8, 4) is 11.5 Å². The number of phenols is 2. The number of imidazole rings is 1. The topological polar surface area (TPSA) is 219 Å². The van der Waals surface area contributed by atoms with Crippen LogP contribution in [0.1, 0.15) is 5.69 Å². The average molecular weight is 600 g/mol. The Balaban J connectivity index is 0.00000353. The van der Waals surface area contributed by atoms with Gasteiger partial charge in [-0.2, -0.15) is 0 Å². The van der Waals surface area contributed by atoms with Crippen molar-refractivity contribution in [1.29, 1.82) is 0 Å². The number of amides is 2. The summed E-state index contributed by atoms with van der Waals surface area (Å²) in [6, 6.07) is 1.63. The van der Waals surface area contributed by atoms with Crippen LogP contribution in [0.25, 0.3) is 11.0 Å². The number of anilines is 1. The van der Waals surface area contributed by atoms with Gasteiger partial charge in [-0.25, -0.2) is 9.97 Å². The number of β-lactam (4-membered cyclic amide) rings is 1. The molecule has 0 spiro atoms. The third kappa shape index (κ3) is 5.55. The predicted octanol–water partition coefficient (Wildman–Crippen LogP) is -3.44.